The Morgan fingerprint density at radius 3 is 2.20 bits per heavy atom. The van der Waals surface area contributed by atoms with Gasteiger partial charge in [-0.05, 0) is 80.8 Å². The molecule has 4 saturated heterocycles. The van der Waals surface area contributed by atoms with E-state index in [4.69, 9.17) is 38.9 Å². The number of esters is 1. The summed E-state index contributed by atoms with van der Waals surface area (Å²) in [4.78, 5) is 16.2. The highest BCUT2D eigenvalue weighted by atomic mass is 16.7. The van der Waals surface area contributed by atoms with Crippen molar-refractivity contribution >= 4 is 5.97 Å². The van der Waals surface area contributed by atoms with Crippen LogP contribution in [0.4, 0.5) is 0 Å². The molecule has 4 aliphatic rings. The van der Waals surface area contributed by atoms with Crippen LogP contribution in [-0.4, -0.2) is 138 Å². The highest BCUT2D eigenvalue weighted by Crippen LogP contribution is 2.46. The van der Waals surface area contributed by atoms with E-state index in [1.165, 1.54) is 0 Å². The zero-order valence-electron chi connectivity index (χ0n) is 32.7. The van der Waals surface area contributed by atoms with E-state index < -0.39 is 96.0 Å². The van der Waals surface area contributed by atoms with Crippen LogP contribution in [0.3, 0.4) is 0 Å². The van der Waals surface area contributed by atoms with Crippen LogP contribution in [0.25, 0.3) is 0 Å². The molecule has 0 aliphatic carbocycles. The lowest BCUT2D eigenvalue weighted by Crippen LogP contribution is -2.62. The minimum atomic E-state index is -1.54. The Balaban J connectivity index is 1.81. The second-order valence-corrected chi connectivity index (χ2v) is 16.8. The first-order chi connectivity index (χ1) is 23.1. The van der Waals surface area contributed by atoms with E-state index >= 15 is 0 Å². The standard InChI is InChI=1S/C37H68N2O11/c1-14-25-37(10)31(41)20(4)28(50-37)18(2)16-35(8,43)32(49-34-27(40)24(39(11)12)15-19(3)45-34)21(5)29(22(6)33(42)47-25)48-26-17-36(9,44-13)30(38)23(7)46-26/h18-32,34,40-41,43H,14-17,38H2,1-13H3/t18-,19-,20+,21+,22?,23+,24+,25-,26+,27-,28+,29?,30-,31+,32-,34+,35-,36-,37-/m1/s1. The van der Waals surface area contributed by atoms with Gasteiger partial charge in [-0.3, -0.25) is 4.79 Å². The van der Waals surface area contributed by atoms with Crippen LogP contribution in [0.2, 0.25) is 0 Å². The first kappa shape index (κ1) is 41.8. The summed E-state index contributed by atoms with van der Waals surface area (Å²) in [5.41, 5.74) is 3.01. The highest BCUT2D eigenvalue weighted by Gasteiger charge is 2.58. The first-order valence-electron chi connectivity index (χ1n) is 18.7. The van der Waals surface area contributed by atoms with E-state index in [0.29, 0.717) is 19.3 Å². The van der Waals surface area contributed by atoms with Gasteiger partial charge in [-0.2, -0.15) is 0 Å². The number of carbonyl (C=O) groups excluding carboxylic acids is 1. The zero-order chi connectivity index (χ0) is 37.7. The SMILES string of the molecule is CC[C@H]1OC(=O)C(C)C(O[C@H]2C[C@@](C)(OC)[C@H](N)[C@H](C)O2)[C@H](C)[C@@H](O[C@@H]2O[C@H](C)C[C@H](N(C)C)[C@H]2O)[C@](C)(O)C[C@@H](C)[C@@H]2O[C@@]1(C)[C@@H](O)[C@H]2C. The molecule has 2 unspecified atom stereocenters. The molecular weight excluding hydrogens is 648 g/mol. The van der Waals surface area contributed by atoms with Crippen LogP contribution in [0.5, 0.6) is 0 Å². The lowest BCUT2D eigenvalue weighted by Gasteiger charge is -2.49. The Bertz CT molecular complexity index is 1140. The van der Waals surface area contributed by atoms with Gasteiger partial charge < -0.3 is 59.1 Å². The van der Waals surface area contributed by atoms with Gasteiger partial charge in [0.2, 0.25) is 0 Å². The number of carbonyl (C=O) groups is 1. The predicted molar refractivity (Wildman–Crippen MR) is 186 cm³/mol. The molecule has 4 aliphatic heterocycles. The number of likely N-dealkylation sites (N-methyl/N-ethyl adjacent to an activating group) is 1. The summed E-state index contributed by atoms with van der Waals surface area (Å²) in [5.74, 6) is -2.64. The highest BCUT2D eigenvalue weighted by molar-refractivity contribution is 5.73. The molecule has 0 spiro atoms. The predicted octanol–water partition coefficient (Wildman–Crippen LogP) is 2.59. The molecule has 2 bridgehead atoms. The number of aliphatic hydroxyl groups is 3. The molecule has 19 atom stereocenters. The van der Waals surface area contributed by atoms with Gasteiger partial charge in [0.05, 0.1) is 59.8 Å². The number of hydrogen-bond acceptors (Lipinski definition) is 13. The molecule has 4 fully saturated rings. The number of cyclic esters (lactones) is 1. The number of hydrogen-bond donors (Lipinski definition) is 4. The second-order valence-electron chi connectivity index (χ2n) is 16.8. The van der Waals surface area contributed by atoms with Gasteiger partial charge in [0.1, 0.15) is 17.8 Å². The first-order valence-corrected chi connectivity index (χ1v) is 18.7. The van der Waals surface area contributed by atoms with Crippen LogP contribution in [0, 0.1) is 23.7 Å². The quantitative estimate of drug-likeness (QED) is 0.284. The maximum atomic E-state index is 14.2. The van der Waals surface area contributed by atoms with Crippen LogP contribution < -0.4 is 5.73 Å². The maximum absolute atomic E-state index is 14.2. The van der Waals surface area contributed by atoms with E-state index in [1.807, 2.05) is 67.5 Å². The van der Waals surface area contributed by atoms with Crippen LogP contribution in [0.1, 0.15) is 94.9 Å². The molecule has 0 aromatic heterocycles. The van der Waals surface area contributed by atoms with Gasteiger partial charge in [-0.1, -0.05) is 27.7 Å². The van der Waals surface area contributed by atoms with Crippen molar-refractivity contribution in [3.05, 3.63) is 0 Å². The molecule has 0 aromatic rings. The fraction of sp³-hybridized carbons (Fsp3) is 0.973. The third kappa shape index (κ3) is 8.08. The number of aliphatic hydroxyl groups excluding tert-OH is 2. The summed E-state index contributed by atoms with van der Waals surface area (Å²) >= 11 is 0. The Kier molecular flexibility index (Phi) is 13.2. The van der Waals surface area contributed by atoms with Crippen LogP contribution in [-0.2, 0) is 38.0 Å². The summed E-state index contributed by atoms with van der Waals surface area (Å²) in [6.07, 6.45) is -6.04. The summed E-state index contributed by atoms with van der Waals surface area (Å²) in [5, 5.41) is 35.7. The van der Waals surface area contributed by atoms with E-state index in [-0.39, 0.29) is 30.4 Å². The third-order valence-corrected chi connectivity index (χ3v) is 12.5. The molecule has 292 valence electrons. The molecule has 0 amide bonds. The average Bonchev–Trinajstić information content (AvgIpc) is 3.28. The van der Waals surface area contributed by atoms with Crippen LogP contribution >= 0.6 is 0 Å². The fourth-order valence-corrected chi connectivity index (χ4v) is 9.26. The minimum Gasteiger partial charge on any atom is -0.459 e. The summed E-state index contributed by atoms with van der Waals surface area (Å²) in [6.45, 7) is 18.6. The van der Waals surface area contributed by atoms with Crippen molar-refractivity contribution in [3.63, 3.8) is 0 Å². The van der Waals surface area contributed by atoms with Gasteiger partial charge in [-0.15, -0.1) is 0 Å². The number of nitrogens with zero attached hydrogens (tertiary/aromatic N) is 1. The fourth-order valence-electron chi connectivity index (χ4n) is 9.26. The third-order valence-electron chi connectivity index (χ3n) is 12.5. The Morgan fingerprint density at radius 2 is 1.62 bits per heavy atom. The summed E-state index contributed by atoms with van der Waals surface area (Å²) < 4.78 is 44.7. The lowest BCUT2D eigenvalue weighted by molar-refractivity contribution is -0.311. The molecule has 0 aromatic carbocycles. The largest absolute Gasteiger partial charge is 0.459 e. The Morgan fingerprint density at radius 1 is 0.980 bits per heavy atom. The summed E-state index contributed by atoms with van der Waals surface area (Å²) in [6, 6.07) is -0.665. The van der Waals surface area contributed by atoms with Crippen molar-refractivity contribution in [2.45, 2.75) is 185 Å². The van der Waals surface area contributed by atoms with Crippen molar-refractivity contribution in [1.29, 1.82) is 0 Å². The van der Waals surface area contributed by atoms with Crippen molar-refractivity contribution in [3.8, 4) is 0 Å². The molecule has 4 rings (SSSR count). The molecule has 4 heterocycles. The maximum Gasteiger partial charge on any atom is 0.311 e. The molecule has 5 N–H and O–H groups in total. The van der Waals surface area contributed by atoms with Crippen LogP contribution in [0.15, 0.2) is 0 Å². The molecule has 13 heteroatoms. The average molecular weight is 717 g/mol. The minimum absolute atomic E-state index is 0.218. The van der Waals surface area contributed by atoms with E-state index in [2.05, 4.69) is 0 Å². The van der Waals surface area contributed by atoms with Gasteiger partial charge in [0.15, 0.2) is 12.6 Å². The van der Waals surface area contributed by atoms with Gasteiger partial charge in [0.25, 0.3) is 0 Å². The van der Waals surface area contributed by atoms with Gasteiger partial charge >= 0.3 is 5.97 Å². The zero-order valence-corrected chi connectivity index (χ0v) is 32.7. The number of rotatable bonds is 7. The number of ether oxygens (including phenoxy) is 7. The number of fused-ring (bicyclic) bond motifs is 2. The van der Waals surface area contributed by atoms with Gasteiger partial charge in [0, 0.05) is 31.4 Å². The topological polar surface area (TPSA) is 172 Å². The van der Waals surface area contributed by atoms with E-state index in [1.54, 1.807) is 27.9 Å². The normalized spacial score (nSPS) is 52.6. The molecule has 0 radical (unpaired) electrons. The lowest BCUT2D eigenvalue weighted by atomic mass is 9.75. The smallest absolute Gasteiger partial charge is 0.311 e. The monoisotopic (exact) mass is 716 g/mol. The number of methoxy groups -OCH3 is 1. The second kappa shape index (κ2) is 15.8. The molecular formula is C37H68N2O11. The molecule has 50 heavy (non-hydrogen) atoms. The molecule has 13 nitrogen and oxygen atoms in total. The van der Waals surface area contributed by atoms with Gasteiger partial charge in [-0.25, -0.2) is 0 Å². The van der Waals surface area contributed by atoms with E-state index in [9.17, 15) is 20.1 Å². The number of nitrogens with two attached hydrogens (primary N) is 1. The van der Waals surface area contributed by atoms with Crippen molar-refractivity contribution < 1.29 is 53.3 Å². The molecule has 0 saturated carbocycles. The Labute approximate surface area is 299 Å². The van der Waals surface area contributed by atoms with Crippen molar-refractivity contribution in [2.24, 2.45) is 29.4 Å². The van der Waals surface area contributed by atoms with Crippen molar-refractivity contribution in [2.75, 3.05) is 21.2 Å². The Hall–Kier alpha value is -0.970. The summed E-state index contributed by atoms with van der Waals surface area (Å²) in [7, 11) is 5.41. The van der Waals surface area contributed by atoms with E-state index in [0.717, 1.165) is 0 Å². The van der Waals surface area contributed by atoms with Crippen molar-refractivity contribution in [1.82, 2.24) is 4.90 Å².